The molecule has 4 rings (SSSR count). The van der Waals surface area contributed by atoms with E-state index in [1.807, 2.05) is 0 Å². The van der Waals surface area contributed by atoms with Crippen molar-refractivity contribution in [3.63, 3.8) is 0 Å². The third-order valence-electron chi connectivity index (χ3n) is 5.43. The first kappa shape index (κ1) is 16.7. The van der Waals surface area contributed by atoms with E-state index in [9.17, 15) is 18.0 Å². The first-order valence-electron chi connectivity index (χ1n) is 8.75. The molecule has 136 valence electrons. The zero-order valence-electron chi connectivity index (χ0n) is 13.8. The molecule has 1 aliphatic carbocycles. The summed E-state index contributed by atoms with van der Waals surface area (Å²) in [5.74, 6) is 0.00197. The van der Waals surface area contributed by atoms with Gasteiger partial charge in [0.1, 0.15) is 11.6 Å². The molecule has 0 aromatic heterocycles. The van der Waals surface area contributed by atoms with Crippen LogP contribution in [-0.2, 0) is 4.79 Å². The van der Waals surface area contributed by atoms with Gasteiger partial charge >= 0.3 is 0 Å². The number of likely N-dealkylation sites (tertiary alicyclic amines) is 1. The Morgan fingerprint density at radius 2 is 2.16 bits per heavy atom. The summed E-state index contributed by atoms with van der Waals surface area (Å²) in [6, 6.07) is 4.38. The summed E-state index contributed by atoms with van der Waals surface area (Å²) < 4.78 is 44.4. The molecule has 0 unspecified atom stereocenters. The maximum Gasteiger partial charge on any atom is 0.255 e. The number of hydrogen-bond acceptors (Lipinski definition) is 3. The predicted octanol–water partition coefficient (Wildman–Crippen LogP) is 2.60. The van der Waals surface area contributed by atoms with Crippen molar-refractivity contribution in [3.05, 3.63) is 29.6 Å². The van der Waals surface area contributed by atoms with Crippen molar-refractivity contribution >= 4 is 5.91 Å². The number of alkyl halides is 2. The number of benzene rings is 1. The van der Waals surface area contributed by atoms with E-state index >= 15 is 0 Å². The van der Waals surface area contributed by atoms with E-state index in [1.165, 1.54) is 25.0 Å². The van der Waals surface area contributed by atoms with Crippen molar-refractivity contribution in [1.82, 2.24) is 10.2 Å². The fraction of sp³-hybridized carbons (Fsp3) is 0.611. The second-order valence-corrected chi connectivity index (χ2v) is 7.24. The van der Waals surface area contributed by atoms with Crippen LogP contribution in [0.15, 0.2) is 18.2 Å². The van der Waals surface area contributed by atoms with Gasteiger partial charge in [0.15, 0.2) is 0 Å². The summed E-state index contributed by atoms with van der Waals surface area (Å²) in [7, 11) is 0. The highest BCUT2D eigenvalue weighted by Gasteiger charge is 2.50. The molecule has 2 heterocycles. The second kappa shape index (κ2) is 6.52. The lowest BCUT2D eigenvalue weighted by atomic mass is 9.85. The topological polar surface area (TPSA) is 41.6 Å². The van der Waals surface area contributed by atoms with Gasteiger partial charge in [-0.1, -0.05) is 0 Å². The number of rotatable bonds is 5. The van der Waals surface area contributed by atoms with E-state index < -0.39 is 18.9 Å². The minimum Gasteiger partial charge on any atom is -0.493 e. The summed E-state index contributed by atoms with van der Waals surface area (Å²) in [5, 5.41) is 2.34. The maximum atomic E-state index is 13.8. The first-order valence-corrected chi connectivity index (χ1v) is 8.75. The van der Waals surface area contributed by atoms with Gasteiger partial charge in [0.2, 0.25) is 5.91 Å². The number of ether oxygens (including phenoxy) is 1. The van der Waals surface area contributed by atoms with Crippen LogP contribution >= 0.6 is 0 Å². The molecule has 0 spiro atoms. The van der Waals surface area contributed by atoms with E-state index in [2.05, 4.69) is 10.2 Å². The molecule has 1 aromatic carbocycles. The van der Waals surface area contributed by atoms with Crippen LogP contribution in [0.4, 0.5) is 13.2 Å². The van der Waals surface area contributed by atoms with Gasteiger partial charge in [0, 0.05) is 30.6 Å². The van der Waals surface area contributed by atoms with E-state index in [4.69, 9.17) is 4.74 Å². The predicted molar refractivity (Wildman–Crippen MR) is 84.9 cm³/mol. The molecule has 1 saturated heterocycles. The van der Waals surface area contributed by atoms with E-state index in [0.29, 0.717) is 24.8 Å². The number of amides is 1. The molecule has 0 bridgehead atoms. The monoisotopic (exact) mass is 354 g/mol. The molecule has 0 radical (unpaired) electrons. The normalized spacial score (nSPS) is 28.4. The lowest BCUT2D eigenvalue weighted by Gasteiger charge is -2.34. The third-order valence-corrected chi connectivity index (χ3v) is 5.43. The Morgan fingerprint density at radius 1 is 1.36 bits per heavy atom. The maximum absolute atomic E-state index is 13.8. The molecule has 3 atom stereocenters. The van der Waals surface area contributed by atoms with E-state index in [1.54, 1.807) is 6.07 Å². The van der Waals surface area contributed by atoms with Crippen LogP contribution in [0.3, 0.4) is 0 Å². The highest BCUT2D eigenvalue weighted by molar-refractivity contribution is 5.80. The van der Waals surface area contributed by atoms with Gasteiger partial charge in [-0.2, -0.15) is 0 Å². The molecule has 1 aromatic rings. The number of fused-ring (bicyclic) bond motifs is 3. The Morgan fingerprint density at radius 3 is 2.88 bits per heavy atom. The highest BCUT2D eigenvalue weighted by atomic mass is 19.3. The highest BCUT2D eigenvalue weighted by Crippen LogP contribution is 2.49. The SMILES string of the molecule is O=C(NCC(F)F)[C@@H]1CN(CC2CC2)[C@H]2c3cc(F)ccc3OC[C@@H]12. The standard InChI is InChI=1S/C18H21F3N2O2/c19-11-3-4-15-12(5-11)17-14(9-25-15)13(18(24)22-6-16(20)21)8-23(17)7-10-1-2-10/h3-5,10,13-14,16-17H,1-2,6-9H2,(H,22,24)/t13-,14+,17+/m1/s1. The largest absolute Gasteiger partial charge is 0.493 e. The van der Waals surface area contributed by atoms with Crippen LogP contribution in [0.1, 0.15) is 24.4 Å². The average molecular weight is 354 g/mol. The number of halogens is 3. The number of carbonyl (C=O) groups is 1. The molecule has 3 aliphatic rings. The smallest absolute Gasteiger partial charge is 0.255 e. The van der Waals surface area contributed by atoms with Crippen LogP contribution in [0, 0.1) is 23.6 Å². The summed E-state index contributed by atoms with van der Waals surface area (Å²) in [6.45, 7) is 1.06. The summed E-state index contributed by atoms with van der Waals surface area (Å²) >= 11 is 0. The third kappa shape index (κ3) is 3.34. The lowest BCUT2D eigenvalue weighted by Crippen LogP contribution is -2.39. The molecule has 7 heteroatoms. The molecule has 4 nitrogen and oxygen atoms in total. The molecular weight excluding hydrogens is 333 g/mol. The molecule has 1 N–H and O–H groups in total. The van der Waals surface area contributed by atoms with Gasteiger partial charge in [-0.05, 0) is 37.0 Å². The molecule has 2 fully saturated rings. The van der Waals surface area contributed by atoms with E-state index in [0.717, 1.165) is 12.1 Å². The number of nitrogens with zero attached hydrogens (tertiary/aromatic N) is 1. The van der Waals surface area contributed by atoms with Gasteiger partial charge < -0.3 is 10.1 Å². The Labute approximate surface area is 144 Å². The Kier molecular flexibility index (Phi) is 4.35. The number of hydrogen-bond donors (Lipinski definition) is 1. The average Bonchev–Trinajstić information content (AvgIpc) is 3.32. The molecule has 1 saturated carbocycles. The van der Waals surface area contributed by atoms with Crippen molar-refractivity contribution in [1.29, 1.82) is 0 Å². The van der Waals surface area contributed by atoms with Gasteiger partial charge in [-0.15, -0.1) is 0 Å². The fourth-order valence-corrected chi connectivity index (χ4v) is 4.10. The zero-order valence-corrected chi connectivity index (χ0v) is 13.8. The van der Waals surface area contributed by atoms with Gasteiger partial charge in [-0.25, -0.2) is 13.2 Å². The van der Waals surface area contributed by atoms with Gasteiger partial charge in [0.25, 0.3) is 6.43 Å². The zero-order chi connectivity index (χ0) is 17.6. The first-order chi connectivity index (χ1) is 12.0. The van der Waals surface area contributed by atoms with Crippen molar-refractivity contribution < 1.29 is 22.7 Å². The quantitative estimate of drug-likeness (QED) is 0.884. The van der Waals surface area contributed by atoms with E-state index in [-0.39, 0.29) is 23.7 Å². The summed E-state index contributed by atoms with van der Waals surface area (Å²) in [4.78, 5) is 14.6. The summed E-state index contributed by atoms with van der Waals surface area (Å²) in [5.41, 5.74) is 0.765. The molecule has 25 heavy (non-hydrogen) atoms. The second-order valence-electron chi connectivity index (χ2n) is 7.24. The van der Waals surface area contributed by atoms with Crippen LogP contribution < -0.4 is 10.1 Å². The molecule has 1 amide bonds. The van der Waals surface area contributed by atoms with Gasteiger partial charge in [-0.3, -0.25) is 9.69 Å². The minimum atomic E-state index is -2.57. The lowest BCUT2D eigenvalue weighted by molar-refractivity contribution is -0.126. The van der Waals surface area contributed by atoms with Crippen molar-refractivity contribution in [2.75, 3.05) is 26.2 Å². The minimum absolute atomic E-state index is 0.0950. The number of nitrogens with one attached hydrogen (secondary N) is 1. The van der Waals surface area contributed by atoms with Crippen LogP contribution in [0.2, 0.25) is 0 Å². The number of carbonyl (C=O) groups excluding carboxylic acids is 1. The Bertz CT molecular complexity index is 666. The van der Waals surface area contributed by atoms with Crippen molar-refractivity contribution in [3.8, 4) is 5.75 Å². The van der Waals surface area contributed by atoms with Crippen molar-refractivity contribution in [2.45, 2.75) is 25.3 Å². The Balaban J connectivity index is 1.60. The fourth-order valence-electron chi connectivity index (χ4n) is 4.10. The molecule has 2 aliphatic heterocycles. The molecular formula is C18H21F3N2O2. The van der Waals surface area contributed by atoms with Crippen LogP contribution in [-0.4, -0.2) is 43.5 Å². The van der Waals surface area contributed by atoms with Crippen LogP contribution in [0.5, 0.6) is 5.75 Å². The van der Waals surface area contributed by atoms with Crippen LogP contribution in [0.25, 0.3) is 0 Å². The van der Waals surface area contributed by atoms with Crippen molar-refractivity contribution in [2.24, 2.45) is 17.8 Å². The summed E-state index contributed by atoms with van der Waals surface area (Å²) in [6.07, 6.45) is -0.230. The van der Waals surface area contributed by atoms with Gasteiger partial charge in [0.05, 0.1) is 19.1 Å². The Hall–Kier alpha value is -1.76.